The third kappa shape index (κ3) is 2.30. The monoisotopic (exact) mass is 232 g/mol. The van der Waals surface area contributed by atoms with Crippen LogP contribution < -0.4 is 0 Å². The standard InChI is InChI=1S/C13H16N2O2/c1-3-9(8-12(16)17-2)13-10-6-4-5-7-11(10)14-15-13/h4-7,9H,3,8H2,1-2H3,(H,14,15). The molecule has 0 amide bonds. The Labute approximate surface area is 100.0 Å². The number of aromatic nitrogens is 2. The summed E-state index contributed by atoms with van der Waals surface area (Å²) in [6.07, 6.45) is 1.26. The highest BCUT2D eigenvalue weighted by atomic mass is 16.5. The molecule has 2 aromatic rings. The largest absolute Gasteiger partial charge is 0.469 e. The Morgan fingerprint density at radius 2 is 2.24 bits per heavy atom. The Hall–Kier alpha value is -1.84. The second-order valence-corrected chi connectivity index (χ2v) is 4.04. The minimum Gasteiger partial charge on any atom is -0.469 e. The Kier molecular flexibility index (Phi) is 3.42. The number of fused-ring (bicyclic) bond motifs is 1. The zero-order valence-electron chi connectivity index (χ0n) is 10.1. The molecular weight excluding hydrogens is 216 g/mol. The zero-order valence-corrected chi connectivity index (χ0v) is 10.1. The van der Waals surface area contributed by atoms with Crippen molar-refractivity contribution in [3.05, 3.63) is 30.0 Å². The van der Waals surface area contributed by atoms with Gasteiger partial charge in [-0.05, 0) is 12.5 Å². The van der Waals surface area contributed by atoms with Crippen LogP contribution in [0.5, 0.6) is 0 Å². The van der Waals surface area contributed by atoms with E-state index in [1.54, 1.807) is 0 Å². The molecule has 0 aliphatic carbocycles. The number of benzene rings is 1. The van der Waals surface area contributed by atoms with Gasteiger partial charge in [0.15, 0.2) is 0 Å². The van der Waals surface area contributed by atoms with Crippen molar-refractivity contribution in [1.29, 1.82) is 0 Å². The normalized spacial score (nSPS) is 12.6. The highest BCUT2D eigenvalue weighted by Crippen LogP contribution is 2.28. The van der Waals surface area contributed by atoms with Crippen LogP contribution in [0, 0.1) is 0 Å². The van der Waals surface area contributed by atoms with Crippen molar-refractivity contribution in [1.82, 2.24) is 10.2 Å². The minimum atomic E-state index is -0.185. The summed E-state index contributed by atoms with van der Waals surface area (Å²) < 4.78 is 4.72. The molecule has 17 heavy (non-hydrogen) atoms. The summed E-state index contributed by atoms with van der Waals surface area (Å²) in [5.74, 6) is -0.0506. The Morgan fingerprint density at radius 3 is 2.94 bits per heavy atom. The van der Waals surface area contributed by atoms with Gasteiger partial charge >= 0.3 is 5.97 Å². The van der Waals surface area contributed by atoms with E-state index < -0.39 is 0 Å². The summed E-state index contributed by atoms with van der Waals surface area (Å²) in [5.41, 5.74) is 1.96. The fourth-order valence-electron chi connectivity index (χ4n) is 2.03. The number of carbonyl (C=O) groups excluding carboxylic acids is 1. The third-order valence-corrected chi connectivity index (χ3v) is 3.03. The molecule has 0 aliphatic heterocycles. The average molecular weight is 232 g/mol. The van der Waals surface area contributed by atoms with Crippen molar-refractivity contribution < 1.29 is 9.53 Å². The van der Waals surface area contributed by atoms with E-state index in [0.717, 1.165) is 23.0 Å². The number of rotatable bonds is 4. The molecule has 4 heteroatoms. The molecular formula is C13H16N2O2. The number of ether oxygens (including phenoxy) is 1. The predicted molar refractivity (Wildman–Crippen MR) is 65.8 cm³/mol. The van der Waals surface area contributed by atoms with Crippen LogP contribution in [0.25, 0.3) is 10.9 Å². The van der Waals surface area contributed by atoms with E-state index in [4.69, 9.17) is 4.74 Å². The van der Waals surface area contributed by atoms with Gasteiger partial charge in [-0.25, -0.2) is 0 Å². The molecule has 90 valence electrons. The van der Waals surface area contributed by atoms with Gasteiger partial charge in [0, 0.05) is 17.0 Å². The molecule has 0 saturated heterocycles. The van der Waals surface area contributed by atoms with E-state index in [2.05, 4.69) is 17.1 Å². The molecule has 1 atom stereocenters. The summed E-state index contributed by atoms with van der Waals surface area (Å²) in [6.45, 7) is 2.06. The summed E-state index contributed by atoms with van der Waals surface area (Å²) in [5, 5.41) is 8.37. The van der Waals surface area contributed by atoms with E-state index in [0.29, 0.717) is 6.42 Å². The number of hydrogen-bond acceptors (Lipinski definition) is 3. The van der Waals surface area contributed by atoms with Crippen molar-refractivity contribution in [2.45, 2.75) is 25.7 Å². The van der Waals surface area contributed by atoms with Gasteiger partial charge in [-0.1, -0.05) is 25.1 Å². The van der Waals surface area contributed by atoms with Crippen LogP contribution in [0.2, 0.25) is 0 Å². The molecule has 1 unspecified atom stereocenters. The van der Waals surface area contributed by atoms with Crippen LogP contribution in [0.3, 0.4) is 0 Å². The van der Waals surface area contributed by atoms with Crippen molar-refractivity contribution in [2.75, 3.05) is 7.11 Å². The molecule has 2 rings (SSSR count). The number of aromatic amines is 1. The maximum Gasteiger partial charge on any atom is 0.306 e. The number of para-hydroxylation sites is 1. The minimum absolute atomic E-state index is 0.134. The van der Waals surface area contributed by atoms with Gasteiger partial charge in [0.05, 0.1) is 19.0 Å². The van der Waals surface area contributed by atoms with Crippen LogP contribution in [0.4, 0.5) is 0 Å². The lowest BCUT2D eigenvalue weighted by Gasteiger charge is -2.11. The maximum absolute atomic E-state index is 11.4. The summed E-state index contributed by atoms with van der Waals surface area (Å²) in [7, 11) is 1.42. The smallest absolute Gasteiger partial charge is 0.306 e. The molecule has 0 aliphatic rings. The third-order valence-electron chi connectivity index (χ3n) is 3.03. The fourth-order valence-corrected chi connectivity index (χ4v) is 2.03. The van der Waals surface area contributed by atoms with Crippen LogP contribution >= 0.6 is 0 Å². The molecule has 1 heterocycles. The molecule has 0 radical (unpaired) electrons. The van der Waals surface area contributed by atoms with E-state index >= 15 is 0 Å². The Bertz CT molecular complexity index is 519. The number of nitrogens with one attached hydrogen (secondary N) is 1. The first-order valence-corrected chi connectivity index (χ1v) is 5.76. The number of H-pyrrole nitrogens is 1. The molecule has 0 fully saturated rings. The molecule has 0 spiro atoms. The second-order valence-electron chi connectivity index (χ2n) is 4.04. The van der Waals surface area contributed by atoms with Crippen molar-refractivity contribution in [3.63, 3.8) is 0 Å². The van der Waals surface area contributed by atoms with Gasteiger partial charge in [0.25, 0.3) is 0 Å². The predicted octanol–water partition coefficient (Wildman–Crippen LogP) is 2.62. The number of hydrogen-bond donors (Lipinski definition) is 1. The van der Waals surface area contributed by atoms with E-state index in [1.165, 1.54) is 7.11 Å². The average Bonchev–Trinajstić information content (AvgIpc) is 2.79. The first kappa shape index (κ1) is 11.6. The highest BCUT2D eigenvalue weighted by molar-refractivity contribution is 5.82. The lowest BCUT2D eigenvalue weighted by Crippen LogP contribution is -2.08. The van der Waals surface area contributed by atoms with Gasteiger partial charge in [-0.15, -0.1) is 0 Å². The number of methoxy groups -OCH3 is 1. The first-order chi connectivity index (χ1) is 8.26. The topological polar surface area (TPSA) is 55.0 Å². The quantitative estimate of drug-likeness (QED) is 0.824. The molecule has 1 aromatic heterocycles. The first-order valence-electron chi connectivity index (χ1n) is 5.76. The van der Waals surface area contributed by atoms with Crippen LogP contribution in [-0.4, -0.2) is 23.3 Å². The van der Waals surface area contributed by atoms with Crippen LogP contribution in [-0.2, 0) is 9.53 Å². The van der Waals surface area contributed by atoms with Crippen molar-refractivity contribution in [3.8, 4) is 0 Å². The van der Waals surface area contributed by atoms with Gasteiger partial charge in [-0.2, -0.15) is 5.10 Å². The molecule has 1 aromatic carbocycles. The van der Waals surface area contributed by atoms with E-state index in [9.17, 15) is 4.79 Å². The van der Waals surface area contributed by atoms with Gasteiger partial charge in [-0.3, -0.25) is 9.89 Å². The summed E-state index contributed by atoms with van der Waals surface area (Å²) in [6, 6.07) is 7.91. The summed E-state index contributed by atoms with van der Waals surface area (Å²) in [4.78, 5) is 11.4. The summed E-state index contributed by atoms with van der Waals surface area (Å²) >= 11 is 0. The number of esters is 1. The number of nitrogens with zero attached hydrogens (tertiary/aromatic N) is 1. The highest BCUT2D eigenvalue weighted by Gasteiger charge is 2.18. The maximum atomic E-state index is 11.4. The van der Waals surface area contributed by atoms with Crippen molar-refractivity contribution >= 4 is 16.9 Å². The van der Waals surface area contributed by atoms with Crippen LogP contribution in [0.1, 0.15) is 31.4 Å². The molecule has 4 nitrogen and oxygen atoms in total. The van der Waals surface area contributed by atoms with Crippen LogP contribution in [0.15, 0.2) is 24.3 Å². The Morgan fingerprint density at radius 1 is 1.47 bits per heavy atom. The molecule has 0 saturated carbocycles. The van der Waals surface area contributed by atoms with E-state index in [1.807, 2.05) is 24.3 Å². The van der Waals surface area contributed by atoms with E-state index in [-0.39, 0.29) is 11.9 Å². The van der Waals surface area contributed by atoms with Crippen molar-refractivity contribution in [2.24, 2.45) is 0 Å². The number of carbonyl (C=O) groups is 1. The Balaban J connectivity index is 2.33. The zero-order chi connectivity index (χ0) is 12.3. The lowest BCUT2D eigenvalue weighted by molar-refractivity contribution is -0.141. The lowest BCUT2D eigenvalue weighted by atomic mass is 9.96. The fraction of sp³-hybridized carbons (Fsp3) is 0.385. The second kappa shape index (κ2) is 4.99. The SMILES string of the molecule is CCC(CC(=O)OC)c1[nH]nc2ccccc12. The van der Waals surface area contributed by atoms with Gasteiger partial charge < -0.3 is 4.74 Å². The van der Waals surface area contributed by atoms with Gasteiger partial charge in [0.2, 0.25) is 0 Å². The molecule has 0 bridgehead atoms. The molecule has 1 N–H and O–H groups in total. The van der Waals surface area contributed by atoms with Gasteiger partial charge in [0.1, 0.15) is 0 Å².